The number of aryl methyl sites for hydroxylation is 1. The van der Waals surface area contributed by atoms with Gasteiger partial charge in [-0.1, -0.05) is 11.3 Å². The largest absolute Gasteiger partial charge is 0.462 e. The molecular formula is C9H11ClN2O3S. The fraction of sp³-hybridized carbons (Fsp3) is 0.444. The van der Waals surface area contributed by atoms with Crippen molar-refractivity contribution in [1.29, 1.82) is 0 Å². The highest BCUT2D eigenvalue weighted by Crippen LogP contribution is 2.23. The van der Waals surface area contributed by atoms with Gasteiger partial charge >= 0.3 is 5.97 Å². The highest BCUT2D eigenvalue weighted by Gasteiger charge is 2.17. The molecule has 1 aromatic heterocycles. The molecule has 0 saturated heterocycles. The zero-order valence-corrected chi connectivity index (χ0v) is 10.4. The second-order valence-corrected chi connectivity index (χ2v) is 4.10. The van der Waals surface area contributed by atoms with Gasteiger partial charge in [0.15, 0.2) is 5.13 Å². The van der Waals surface area contributed by atoms with Gasteiger partial charge in [-0.05, 0) is 13.8 Å². The summed E-state index contributed by atoms with van der Waals surface area (Å²) >= 11 is 6.41. The average Bonchev–Trinajstić information content (AvgIpc) is 2.59. The molecule has 0 aliphatic rings. The Kier molecular flexibility index (Phi) is 4.70. The maximum atomic E-state index is 11.4. The molecule has 1 heterocycles. The normalized spacial score (nSPS) is 9.94. The molecule has 0 radical (unpaired) electrons. The van der Waals surface area contributed by atoms with E-state index in [1.54, 1.807) is 13.8 Å². The van der Waals surface area contributed by atoms with Crippen molar-refractivity contribution in [1.82, 2.24) is 4.98 Å². The topological polar surface area (TPSA) is 68.3 Å². The summed E-state index contributed by atoms with van der Waals surface area (Å²) in [6.45, 7) is 3.71. The number of hydrogen-bond acceptors (Lipinski definition) is 5. The number of anilines is 1. The lowest BCUT2D eigenvalue weighted by Crippen LogP contribution is -2.12. The zero-order chi connectivity index (χ0) is 12.1. The first-order valence-corrected chi connectivity index (χ1v) is 5.94. The Labute approximate surface area is 102 Å². The molecule has 0 atom stereocenters. The van der Waals surface area contributed by atoms with E-state index < -0.39 is 5.97 Å². The van der Waals surface area contributed by atoms with Gasteiger partial charge in [0.25, 0.3) is 0 Å². The molecule has 0 bridgehead atoms. The van der Waals surface area contributed by atoms with Gasteiger partial charge in [-0.25, -0.2) is 9.78 Å². The van der Waals surface area contributed by atoms with Crippen molar-refractivity contribution >= 4 is 39.9 Å². The van der Waals surface area contributed by atoms with Crippen molar-refractivity contribution in [2.45, 2.75) is 13.8 Å². The monoisotopic (exact) mass is 262 g/mol. The number of thiazole rings is 1. The average molecular weight is 263 g/mol. The first kappa shape index (κ1) is 12.9. The quantitative estimate of drug-likeness (QED) is 0.664. The van der Waals surface area contributed by atoms with Crippen LogP contribution in [0.4, 0.5) is 5.13 Å². The van der Waals surface area contributed by atoms with E-state index in [4.69, 9.17) is 16.3 Å². The number of amides is 1. The minimum Gasteiger partial charge on any atom is -0.462 e. The molecule has 0 unspecified atom stereocenters. The molecule has 1 amide bonds. The van der Waals surface area contributed by atoms with Crippen LogP contribution in [-0.2, 0) is 9.53 Å². The van der Waals surface area contributed by atoms with Crippen LogP contribution in [-0.4, -0.2) is 29.3 Å². The third-order valence-electron chi connectivity index (χ3n) is 1.63. The molecule has 0 aliphatic carbocycles. The summed E-state index contributed by atoms with van der Waals surface area (Å²) in [5, 5.41) is 2.83. The molecule has 1 rings (SSSR count). The van der Waals surface area contributed by atoms with Crippen molar-refractivity contribution in [2.75, 3.05) is 17.8 Å². The van der Waals surface area contributed by atoms with Crippen molar-refractivity contribution in [2.24, 2.45) is 0 Å². The smallest absolute Gasteiger partial charge is 0.350 e. The predicted molar refractivity (Wildman–Crippen MR) is 62.2 cm³/mol. The lowest BCUT2D eigenvalue weighted by atomic mass is 10.4. The Bertz CT molecular complexity index is 405. The van der Waals surface area contributed by atoms with Gasteiger partial charge in [0.2, 0.25) is 5.91 Å². The van der Waals surface area contributed by atoms with Crippen LogP contribution in [0.5, 0.6) is 0 Å². The summed E-state index contributed by atoms with van der Waals surface area (Å²) in [5.41, 5.74) is 0.535. The Hall–Kier alpha value is -1.14. The van der Waals surface area contributed by atoms with Crippen molar-refractivity contribution in [3.8, 4) is 0 Å². The Morgan fingerprint density at radius 1 is 1.56 bits per heavy atom. The highest BCUT2D eigenvalue weighted by molar-refractivity contribution is 7.17. The Morgan fingerprint density at radius 2 is 2.25 bits per heavy atom. The van der Waals surface area contributed by atoms with Crippen LogP contribution >= 0.6 is 22.9 Å². The molecule has 1 aromatic rings. The third-order valence-corrected chi connectivity index (χ3v) is 2.92. The lowest BCUT2D eigenvalue weighted by Gasteiger charge is -1.97. The number of esters is 1. The van der Waals surface area contributed by atoms with Crippen LogP contribution in [0.25, 0.3) is 0 Å². The maximum Gasteiger partial charge on any atom is 0.350 e. The van der Waals surface area contributed by atoms with Gasteiger partial charge in [-0.15, -0.1) is 11.6 Å². The minimum absolute atomic E-state index is 0.145. The SMILES string of the molecule is CCOC(=O)c1sc(NC(=O)CCl)nc1C. The highest BCUT2D eigenvalue weighted by atomic mass is 35.5. The van der Waals surface area contributed by atoms with E-state index >= 15 is 0 Å². The minimum atomic E-state index is -0.427. The molecule has 0 aliphatic heterocycles. The summed E-state index contributed by atoms with van der Waals surface area (Å²) in [6.07, 6.45) is 0. The second kappa shape index (κ2) is 5.81. The Balaban J connectivity index is 2.81. The number of ether oxygens (including phenoxy) is 1. The summed E-state index contributed by atoms with van der Waals surface area (Å²) in [7, 11) is 0. The van der Waals surface area contributed by atoms with E-state index in [0.717, 1.165) is 11.3 Å². The van der Waals surface area contributed by atoms with E-state index in [1.807, 2.05) is 0 Å². The molecular weight excluding hydrogens is 252 g/mol. The summed E-state index contributed by atoms with van der Waals surface area (Å²) in [6, 6.07) is 0. The Morgan fingerprint density at radius 3 is 2.81 bits per heavy atom. The molecule has 88 valence electrons. The number of rotatable bonds is 4. The molecule has 1 N–H and O–H groups in total. The number of alkyl halides is 1. The van der Waals surface area contributed by atoms with Crippen LogP contribution in [0.1, 0.15) is 22.3 Å². The summed E-state index contributed by atoms with van der Waals surface area (Å²) < 4.78 is 4.85. The van der Waals surface area contributed by atoms with Crippen LogP contribution in [0, 0.1) is 6.92 Å². The van der Waals surface area contributed by atoms with Gasteiger partial charge < -0.3 is 10.1 Å². The van der Waals surface area contributed by atoms with Gasteiger partial charge in [-0.2, -0.15) is 0 Å². The van der Waals surface area contributed by atoms with Gasteiger partial charge in [0.05, 0.1) is 12.3 Å². The first-order valence-electron chi connectivity index (χ1n) is 4.58. The molecule has 7 heteroatoms. The van der Waals surface area contributed by atoms with Gasteiger partial charge in [-0.3, -0.25) is 4.79 Å². The van der Waals surface area contributed by atoms with E-state index in [2.05, 4.69) is 10.3 Å². The van der Waals surface area contributed by atoms with Crippen LogP contribution in [0.3, 0.4) is 0 Å². The third kappa shape index (κ3) is 3.18. The standard InChI is InChI=1S/C9H11ClN2O3S/c1-3-15-8(14)7-5(2)11-9(16-7)12-6(13)4-10/h3-4H2,1-2H3,(H,11,12,13). The number of halogens is 1. The van der Waals surface area contributed by atoms with Crippen molar-refractivity contribution in [3.05, 3.63) is 10.6 Å². The van der Waals surface area contributed by atoms with Gasteiger partial charge in [0, 0.05) is 0 Å². The number of carbonyl (C=O) groups is 2. The fourth-order valence-corrected chi connectivity index (χ4v) is 1.93. The predicted octanol–water partition coefficient (Wildman–Crippen LogP) is 1.81. The number of carbonyl (C=O) groups excluding carboxylic acids is 2. The number of aromatic nitrogens is 1. The number of hydrogen-bond donors (Lipinski definition) is 1. The molecule has 0 fully saturated rings. The molecule has 0 spiro atoms. The van der Waals surface area contributed by atoms with E-state index in [9.17, 15) is 9.59 Å². The van der Waals surface area contributed by atoms with Crippen molar-refractivity contribution in [3.63, 3.8) is 0 Å². The van der Waals surface area contributed by atoms with Crippen LogP contribution in [0.2, 0.25) is 0 Å². The maximum absolute atomic E-state index is 11.4. The molecule has 0 saturated carbocycles. The summed E-state index contributed by atoms with van der Waals surface area (Å²) in [5.74, 6) is -0.928. The van der Waals surface area contributed by atoms with E-state index in [0.29, 0.717) is 22.3 Å². The molecule has 0 aromatic carbocycles. The van der Waals surface area contributed by atoms with Gasteiger partial charge in [0.1, 0.15) is 10.8 Å². The van der Waals surface area contributed by atoms with Crippen molar-refractivity contribution < 1.29 is 14.3 Å². The van der Waals surface area contributed by atoms with E-state index in [-0.39, 0.29) is 11.8 Å². The van der Waals surface area contributed by atoms with Crippen LogP contribution < -0.4 is 5.32 Å². The first-order chi connectivity index (χ1) is 7.58. The number of nitrogens with zero attached hydrogens (tertiary/aromatic N) is 1. The number of nitrogens with one attached hydrogen (secondary N) is 1. The second-order valence-electron chi connectivity index (χ2n) is 2.84. The van der Waals surface area contributed by atoms with E-state index in [1.165, 1.54) is 0 Å². The summed E-state index contributed by atoms with van der Waals surface area (Å²) in [4.78, 5) is 26.9. The fourth-order valence-electron chi connectivity index (χ4n) is 0.989. The molecule has 16 heavy (non-hydrogen) atoms. The van der Waals surface area contributed by atoms with Crippen LogP contribution in [0.15, 0.2) is 0 Å². The molecule has 5 nitrogen and oxygen atoms in total. The lowest BCUT2D eigenvalue weighted by molar-refractivity contribution is -0.113. The zero-order valence-electron chi connectivity index (χ0n) is 8.87.